The Morgan fingerprint density at radius 3 is 2.83 bits per heavy atom. The predicted octanol–water partition coefficient (Wildman–Crippen LogP) is 4.22. The molecule has 5 nitrogen and oxygen atoms in total. The van der Waals surface area contributed by atoms with E-state index in [4.69, 9.17) is 21.8 Å². The summed E-state index contributed by atoms with van der Waals surface area (Å²) in [5.74, 6) is 1.22. The number of carbonyl (C=O) groups is 1. The number of piperidine rings is 1. The summed E-state index contributed by atoms with van der Waals surface area (Å²) < 4.78 is 0.646. The van der Waals surface area contributed by atoms with Crippen LogP contribution in [0.4, 0.5) is 0 Å². The third-order valence-electron chi connectivity index (χ3n) is 4.74. The number of oxime groups is 1. The number of ketones is 1. The summed E-state index contributed by atoms with van der Waals surface area (Å²) in [7, 11) is 0. The lowest BCUT2D eigenvalue weighted by molar-refractivity contribution is 0.0719. The van der Waals surface area contributed by atoms with E-state index in [0.717, 1.165) is 38.1 Å². The molecule has 1 unspecified atom stereocenters. The number of amidine groups is 1. The number of likely N-dealkylation sites (tertiary alicyclic amines) is 1. The van der Waals surface area contributed by atoms with E-state index in [1.54, 1.807) is 12.1 Å². The van der Waals surface area contributed by atoms with Crippen LogP contribution in [0.2, 0.25) is 4.34 Å². The van der Waals surface area contributed by atoms with Gasteiger partial charge in [-0.2, -0.15) is 0 Å². The summed E-state index contributed by atoms with van der Waals surface area (Å²) in [6.45, 7) is 3.67. The van der Waals surface area contributed by atoms with Gasteiger partial charge in [0.15, 0.2) is 5.78 Å². The maximum absolute atomic E-state index is 12.1. The Labute approximate surface area is 151 Å². The van der Waals surface area contributed by atoms with Gasteiger partial charge in [-0.1, -0.05) is 16.8 Å². The second-order valence-electron chi connectivity index (χ2n) is 6.43. The van der Waals surface area contributed by atoms with Gasteiger partial charge in [0.1, 0.15) is 6.10 Å². The van der Waals surface area contributed by atoms with Crippen molar-refractivity contribution >= 4 is 40.3 Å². The first kappa shape index (κ1) is 17.4. The molecule has 1 aromatic heterocycles. The van der Waals surface area contributed by atoms with Gasteiger partial charge in [-0.05, 0) is 38.3 Å². The number of hydrogen-bond acceptors (Lipinski definition) is 5. The normalized spacial score (nSPS) is 21.5. The molecule has 24 heavy (non-hydrogen) atoms. The van der Waals surface area contributed by atoms with Crippen molar-refractivity contribution in [1.29, 1.82) is 5.41 Å². The maximum atomic E-state index is 12.1. The number of halogens is 1. The predicted molar refractivity (Wildman–Crippen MR) is 97.5 cm³/mol. The van der Waals surface area contributed by atoms with Crippen LogP contribution < -0.4 is 0 Å². The zero-order chi connectivity index (χ0) is 17.1. The van der Waals surface area contributed by atoms with Gasteiger partial charge in [-0.15, -0.1) is 11.3 Å². The first-order valence-electron chi connectivity index (χ1n) is 8.34. The summed E-state index contributed by atoms with van der Waals surface area (Å²) >= 11 is 7.20. The molecule has 0 aliphatic carbocycles. The number of carbonyl (C=O) groups excluding carboxylic acids is 1. The van der Waals surface area contributed by atoms with Crippen molar-refractivity contribution in [2.24, 2.45) is 11.1 Å². The zero-order valence-corrected chi connectivity index (χ0v) is 15.3. The molecule has 1 aromatic rings. The summed E-state index contributed by atoms with van der Waals surface area (Å²) in [5.41, 5.74) is 1.13. The van der Waals surface area contributed by atoms with E-state index in [2.05, 4.69) is 10.1 Å². The van der Waals surface area contributed by atoms with E-state index < -0.39 is 0 Å². The minimum atomic E-state index is 0.0156. The highest BCUT2D eigenvalue weighted by Crippen LogP contribution is 2.28. The first-order chi connectivity index (χ1) is 11.5. The molecule has 0 radical (unpaired) electrons. The van der Waals surface area contributed by atoms with Gasteiger partial charge in [0.25, 0.3) is 0 Å². The molecule has 1 atom stereocenters. The lowest BCUT2D eigenvalue weighted by Crippen LogP contribution is -2.38. The standard InChI is InChI=1S/C17H22ClN3O2S/c1-11(19)21-8-6-12(7-9-21)14-10-13(23-20-14)2-3-15(22)16-4-5-17(18)24-16/h4-5,12-13,19H,2-3,6-10H2,1H3. The lowest BCUT2D eigenvalue weighted by atomic mass is 9.88. The van der Waals surface area contributed by atoms with Crippen LogP contribution in [0, 0.1) is 11.3 Å². The SMILES string of the molecule is CC(=N)N1CCC(C2=NOC(CCC(=O)c3ccc(Cl)s3)C2)CC1. The third kappa shape index (κ3) is 4.16. The molecule has 1 saturated heterocycles. The van der Waals surface area contributed by atoms with Gasteiger partial charge in [0.2, 0.25) is 0 Å². The molecule has 0 aromatic carbocycles. The molecule has 2 aliphatic heterocycles. The lowest BCUT2D eigenvalue weighted by Gasteiger charge is -2.32. The molecule has 0 spiro atoms. The second-order valence-corrected chi connectivity index (χ2v) is 8.14. The smallest absolute Gasteiger partial charge is 0.172 e. The average Bonchev–Trinajstić information content (AvgIpc) is 3.22. The number of nitrogens with zero attached hydrogens (tertiary/aromatic N) is 2. The largest absolute Gasteiger partial charge is 0.392 e. The number of rotatable bonds is 5. The molecular weight excluding hydrogens is 346 g/mol. The van der Waals surface area contributed by atoms with Gasteiger partial charge < -0.3 is 9.74 Å². The Bertz CT molecular complexity index is 650. The van der Waals surface area contributed by atoms with Crippen LogP contribution in [0.15, 0.2) is 17.3 Å². The molecule has 130 valence electrons. The Morgan fingerprint density at radius 2 is 2.21 bits per heavy atom. The highest BCUT2D eigenvalue weighted by molar-refractivity contribution is 7.18. The van der Waals surface area contributed by atoms with Crippen LogP contribution in [0.1, 0.15) is 48.7 Å². The van der Waals surface area contributed by atoms with E-state index in [1.165, 1.54) is 11.3 Å². The molecule has 3 heterocycles. The number of hydrogen-bond donors (Lipinski definition) is 1. The molecule has 3 rings (SSSR count). The van der Waals surface area contributed by atoms with Crippen LogP contribution in [-0.4, -0.2) is 41.4 Å². The topological polar surface area (TPSA) is 65.8 Å². The van der Waals surface area contributed by atoms with Crippen molar-refractivity contribution in [3.63, 3.8) is 0 Å². The van der Waals surface area contributed by atoms with Gasteiger partial charge in [0, 0.05) is 31.8 Å². The zero-order valence-electron chi connectivity index (χ0n) is 13.8. The fourth-order valence-electron chi connectivity index (χ4n) is 3.27. The Hall–Kier alpha value is -1.40. The van der Waals surface area contributed by atoms with Crippen molar-refractivity contribution in [3.8, 4) is 0 Å². The quantitative estimate of drug-likeness (QED) is 0.481. The fourth-order valence-corrected chi connectivity index (χ4v) is 4.28. The van der Waals surface area contributed by atoms with Gasteiger partial charge in [-0.25, -0.2) is 0 Å². The average molecular weight is 368 g/mol. The fraction of sp³-hybridized carbons (Fsp3) is 0.588. The Kier molecular flexibility index (Phi) is 5.56. The summed E-state index contributed by atoms with van der Waals surface area (Å²) in [5, 5.41) is 12.0. The van der Waals surface area contributed by atoms with Gasteiger partial charge >= 0.3 is 0 Å². The summed E-state index contributed by atoms with van der Waals surface area (Å²) in [4.78, 5) is 20.5. The molecule has 0 bridgehead atoms. The highest BCUT2D eigenvalue weighted by atomic mass is 35.5. The van der Waals surface area contributed by atoms with Crippen molar-refractivity contribution in [2.45, 2.75) is 45.1 Å². The van der Waals surface area contributed by atoms with Crippen LogP contribution in [-0.2, 0) is 4.84 Å². The van der Waals surface area contributed by atoms with Crippen molar-refractivity contribution in [2.75, 3.05) is 13.1 Å². The second kappa shape index (κ2) is 7.66. The van der Waals surface area contributed by atoms with Gasteiger partial charge in [0.05, 0.1) is 20.8 Å². The van der Waals surface area contributed by atoms with Crippen molar-refractivity contribution < 1.29 is 9.63 Å². The highest BCUT2D eigenvalue weighted by Gasteiger charge is 2.30. The number of thiophene rings is 1. The van der Waals surface area contributed by atoms with Crippen LogP contribution in [0.5, 0.6) is 0 Å². The molecule has 2 aliphatic rings. The van der Waals surface area contributed by atoms with E-state index in [9.17, 15) is 4.79 Å². The van der Waals surface area contributed by atoms with Crippen LogP contribution in [0.3, 0.4) is 0 Å². The molecular formula is C17H22ClN3O2S. The molecule has 7 heteroatoms. The Morgan fingerprint density at radius 1 is 1.46 bits per heavy atom. The molecule has 1 fully saturated rings. The Balaban J connectivity index is 1.42. The minimum absolute atomic E-state index is 0.0156. The van der Waals surface area contributed by atoms with Crippen molar-refractivity contribution in [1.82, 2.24) is 4.90 Å². The van der Waals surface area contributed by atoms with Crippen molar-refractivity contribution in [3.05, 3.63) is 21.3 Å². The molecule has 1 N–H and O–H groups in total. The van der Waals surface area contributed by atoms with E-state index in [-0.39, 0.29) is 11.9 Å². The monoisotopic (exact) mass is 367 g/mol. The summed E-state index contributed by atoms with van der Waals surface area (Å²) in [6, 6.07) is 3.54. The third-order valence-corrected chi connectivity index (χ3v) is 6.01. The number of nitrogens with one attached hydrogen (secondary N) is 1. The molecule has 0 amide bonds. The van der Waals surface area contributed by atoms with E-state index >= 15 is 0 Å². The first-order valence-corrected chi connectivity index (χ1v) is 9.53. The maximum Gasteiger partial charge on any atom is 0.172 e. The van der Waals surface area contributed by atoms with Crippen LogP contribution >= 0.6 is 22.9 Å². The minimum Gasteiger partial charge on any atom is -0.392 e. The van der Waals surface area contributed by atoms with Gasteiger partial charge in [-0.3, -0.25) is 10.2 Å². The van der Waals surface area contributed by atoms with E-state index in [0.29, 0.717) is 33.8 Å². The van der Waals surface area contributed by atoms with E-state index in [1.807, 2.05) is 6.92 Å². The number of Topliss-reactive ketones (excluding diaryl/α,β-unsaturated/α-hetero) is 1. The summed E-state index contributed by atoms with van der Waals surface area (Å²) in [6.07, 6.45) is 4.06. The van der Waals surface area contributed by atoms with Crippen LogP contribution in [0.25, 0.3) is 0 Å². The molecule has 0 saturated carbocycles.